The maximum Gasteiger partial charge on any atom is 0.110 e. The lowest BCUT2D eigenvalue weighted by Crippen LogP contribution is -2.39. The topological polar surface area (TPSA) is 50.5 Å². The lowest BCUT2D eigenvalue weighted by atomic mass is 10.1. The van der Waals surface area contributed by atoms with Gasteiger partial charge in [0, 0.05) is 13.0 Å². The largest absolute Gasteiger partial charge is 0.496 e. The highest BCUT2D eigenvalue weighted by molar-refractivity contribution is 5.06. The van der Waals surface area contributed by atoms with Crippen molar-refractivity contribution in [2.24, 2.45) is 5.84 Å². The highest BCUT2D eigenvalue weighted by atomic mass is 16.5. The molecule has 0 saturated heterocycles. The number of rotatable bonds is 7. The van der Waals surface area contributed by atoms with Crippen LogP contribution in [0.25, 0.3) is 0 Å². The van der Waals surface area contributed by atoms with Gasteiger partial charge in [0.25, 0.3) is 0 Å². The number of ether oxygens (including phenoxy) is 1. The fraction of sp³-hybridized carbons (Fsp3) is 0.818. The summed E-state index contributed by atoms with van der Waals surface area (Å²) in [6.45, 7) is 8.40. The van der Waals surface area contributed by atoms with Crippen LogP contribution in [0.1, 0.15) is 26.7 Å². The minimum Gasteiger partial charge on any atom is -0.496 e. The van der Waals surface area contributed by atoms with E-state index in [1.54, 1.807) is 0 Å². The second kappa shape index (κ2) is 6.82. The molecule has 1 atom stereocenters. The molecule has 0 amide bonds. The minimum absolute atomic E-state index is 0.174. The second-order valence-electron chi connectivity index (χ2n) is 3.78. The van der Waals surface area contributed by atoms with Gasteiger partial charge in [0.2, 0.25) is 0 Å². The average Bonchev–Trinajstić information content (AvgIpc) is 2.78. The molecule has 1 heterocycles. The van der Waals surface area contributed by atoms with Gasteiger partial charge in [-0.05, 0) is 25.6 Å². The van der Waals surface area contributed by atoms with Crippen LogP contribution >= 0.6 is 0 Å². The van der Waals surface area contributed by atoms with Crippen molar-refractivity contribution in [3.05, 3.63) is 11.8 Å². The fourth-order valence-electron chi connectivity index (χ4n) is 1.84. The molecule has 0 radical (unpaired) electrons. The van der Waals surface area contributed by atoms with E-state index < -0.39 is 0 Å². The molecule has 3 N–H and O–H groups in total. The third-order valence-corrected chi connectivity index (χ3v) is 2.91. The Morgan fingerprint density at radius 3 is 2.73 bits per heavy atom. The molecule has 0 bridgehead atoms. The van der Waals surface area contributed by atoms with Crippen LogP contribution in [0.3, 0.4) is 0 Å². The van der Waals surface area contributed by atoms with Gasteiger partial charge in [-0.2, -0.15) is 0 Å². The van der Waals surface area contributed by atoms with Gasteiger partial charge in [0.1, 0.15) is 5.76 Å². The number of nitrogens with one attached hydrogen (secondary N) is 1. The van der Waals surface area contributed by atoms with Gasteiger partial charge in [-0.3, -0.25) is 5.84 Å². The summed E-state index contributed by atoms with van der Waals surface area (Å²) >= 11 is 0. The Morgan fingerprint density at radius 1 is 1.53 bits per heavy atom. The lowest BCUT2D eigenvalue weighted by molar-refractivity contribution is 0.201. The van der Waals surface area contributed by atoms with E-state index in [-0.39, 0.29) is 6.04 Å². The zero-order valence-electron chi connectivity index (χ0n) is 9.83. The van der Waals surface area contributed by atoms with Crippen molar-refractivity contribution < 1.29 is 4.74 Å². The second-order valence-corrected chi connectivity index (χ2v) is 3.78. The Balaban J connectivity index is 2.33. The quantitative estimate of drug-likeness (QED) is 0.486. The smallest absolute Gasteiger partial charge is 0.110 e. The standard InChI is InChI=1S/C11H23N3O/c1-3-14(4-2)8-7-10(13-12)11-6-5-9-15-11/h6,10,13H,3-5,7-9,12H2,1-2H3. The Morgan fingerprint density at radius 2 is 2.27 bits per heavy atom. The zero-order chi connectivity index (χ0) is 11.1. The van der Waals surface area contributed by atoms with Crippen molar-refractivity contribution in [1.29, 1.82) is 0 Å². The van der Waals surface area contributed by atoms with E-state index in [4.69, 9.17) is 10.6 Å². The van der Waals surface area contributed by atoms with Crippen molar-refractivity contribution in [1.82, 2.24) is 10.3 Å². The molecule has 1 aliphatic heterocycles. The van der Waals surface area contributed by atoms with E-state index in [9.17, 15) is 0 Å². The first-order chi connectivity index (χ1) is 7.31. The number of nitrogens with two attached hydrogens (primary N) is 1. The molecule has 0 aromatic carbocycles. The van der Waals surface area contributed by atoms with Crippen LogP contribution in [0.5, 0.6) is 0 Å². The van der Waals surface area contributed by atoms with E-state index in [1.165, 1.54) is 0 Å². The first-order valence-electron chi connectivity index (χ1n) is 5.83. The molecule has 88 valence electrons. The molecule has 0 aromatic heterocycles. The highest BCUT2D eigenvalue weighted by Crippen LogP contribution is 2.15. The normalized spacial score (nSPS) is 17.7. The molecule has 0 saturated carbocycles. The molecule has 0 aliphatic carbocycles. The number of nitrogens with zero attached hydrogens (tertiary/aromatic N) is 1. The van der Waals surface area contributed by atoms with E-state index in [1.807, 2.05) is 0 Å². The number of hydrogen-bond acceptors (Lipinski definition) is 4. The van der Waals surface area contributed by atoms with Gasteiger partial charge >= 0.3 is 0 Å². The Hall–Kier alpha value is -0.580. The van der Waals surface area contributed by atoms with Crippen LogP contribution in [0.2, 0.25) is 0 Å². The van der Waals surface area contributed by atoms with E-state index in [0.717, 1.165) is 44.8 Å². The van der Waals surface area contributed by atoms with Gasteiger partial charge in [0.15, 0.2) is 0 Å². The molecule has 4 heteroatoms. The molecular formula is C11H23N3O. The molecule has 1 aliphatic rings. The third kappa shape index (κ3) is 3.81. The van der Waals surface area contributed by atoms with Crippen LogP contribution in [-0.2, 0) is 4.74 Å². The third-order valence-electron chi connectivity index (χ3n) is 2.91. The predicted molar refractivity (Wildman–Crippen MR) is 62.2 cm³/mol. The minimum atomic E-state index is 0.174. The van der Waals surface area contributed by atoms with Crippen LogP contribution in [0, 0.1) is 0 Å². The van der Waals surface area contributed by atoms with Crippen molar-refractivity contribution in [2.75, 3.05) is 26.2 Å². The molecule has 0 aromatic rings. The van der Waals surface area contributed by atoms with Gasteiger partial charge < -0.3 is 9.64 Å². The molecule has 1 unspecified atom stereocenters. The van der Waals surface area contributed by atoms with Crippen LogP contribution in [0.15, 0.2) is 11.8 Å². The van der Waals surface area contributed by atoms with Gasteiger partial charge in [-0.25, -0.2) is 5.43 Å². The first kappa shape index (κ1) is 12.5. The van der Waals surface area contributed by atoms with Gasteiger partial charge in [-0.15, -0.1) is 0 Å². The lowest BCUT2D eigenvalue weighted by Gasteiger charge is -2.22. The Bertz CT molecular complexity index is 202. The monoisotopic (exact) mass is 213 g/mol. The summed E-state index contributed by atoms with van der Waals surface area (Å²) in [5.41, 5.74) is 2.83. The molecule has 4 nitrogen and oxygen atoms in total. The average molecular weight is 213 g/mol. The molecular weight excluding hydrogens is 190 g/mol. The SMILES string of the molecule is CCN(CC)CCC(NN)C1=CCCO1. The van der Waals surface area contributed by atoms with E-state index in [0.29, 0.717) is 0 Å². The highest BCUT2D eigenvalue weighted by Gasteiger charge is 2.17. The summed E-state index contributed by atoms with van der Waals surface area (Å²) in [6.07, 6.45) is 4.15. The Labute approximate surface area is 92.4 Å². The van der Waals surface area contributed by atoms with Gasteiger partial charge in [-0.1, -0.05) is 13.8 Å². The predicted octanol–water partition coefficient (Wildman–Crippen LogP) is 0.854. The maximum absolute atomic E-state index is 5.53. The van der Waals surface area contributed by atoms with Crippen molar-refractivity contribution in [2.45, 2.75) is 32.7 Å². The van der Waals surface area contributed by atoms with Crippen LogP contribution in [0.4, 0.5) is 0 Å². The van der Waals surface area contributed by atoms with Crippen LogP contribution < -0.4 is 11.3 Å². The van der Waals surface area contributed by atoms with Crippen molar-refractivity contribution in [3.63, 3.8) is 0 Å². The molecule has 0 fully saturated rings. The molecule has 0 spiro atoms. The maximum atomic E-state index is 5.53. The number of hydrogen-bond donors (Lipinski definition) is 2. The van der Waals surface area contributed by atoms with E-state index >= 15 is 0 Å². The summed E-state index contributed by atoms with van der Waals surface area (Å²) in [5, 5.41) is 0. The fourth-order valence-corrected chi connectivity index (χ4v) is 1.84. The summed E-state index contributed by atoms with van der Waals surface area (Å²) in [6, 6.07) is 0.174. The molecule has 15 heavy (non-hydrogen) atoms. The summed E-state index contributed by atoms with van der Waals surface area (Å²) < 4.78 is 5.51. The van der Waals surface area contributed by atoms with Crippen molar-refractivity contribution >= 4 is 0 Å². The van der Waals surface area contributed by atoms with Gasteiger partial charge in [0.05, 0.1) is 12.6 Å². The van der Waals surface area contributed by atoms with Crippen molar-refractivity contribution in [3.8, 4) is 0 Å². The zero-order valence-corrected chi connectivity index (χ0v) is 9.83. The first-order valence-corrected chi connectivity index (χ1v) is 5.83. The summed E-state index contributed by atoms with van der Waals surface area (Å²) in [5.74, 6) is 6.55. The van der Waals surface area contributed by atoms with E-state index in [2.05, 4.69) is 30.2 Å². The summed E-state index contributed by atoms with van der Waals surface area (Å²) in [4.78, 5) is 2.39. The molecule has 1 rings (SSSR count). The Kier molecular flexibility index (Phi) is 5.68. The number of hydrazine groups is 1. The van der Waals surface area contributed by atoms with Crippen LogP contribution in [-0.4, -0.2) is 37.2 Å². The summed E-state index contributed by atoms with van der Waals surface area (Å²) in [7, 11) is 0.